The molecule has 0 saturated heterocycles. The first-order valence-electron chi connectivity index (χ1n) is 5.08. The van der Waals surface area contributed by atoms with Crippen molar-refractivity contribution in [3.8, 4) is 0 Å². The van der Waals surface area contributed by atoms with Crippen molar-refractivity contribution in [2.45, 2.75) is 16.8 Å². The lowest BCUT2D eigenvalue weighted by atomic mass is 10.3. The van der Waals surface area contributed by atoms with E-state index in [4.69, 9.17) is 5.11 Å². The van der Waals surface area contributed by atoms with Gasteiger partial charge in [-0.25, -0.2) is 9.78 Å². The van der Waals surface area contributed by atoms with Crippen molar-refractivity contribution >= 4 is 34.8 Å². The summed E-state index contributed by atoms with van der Waals surface area (Å²) in [4.78, 5) is 26.1. The molecule has 0 aliphatic carbocycles. The topological polar surface area (TPSA) is 93.3 Å². The van der Waals surface area contributed by atoms with Crippen molar-refractivity contribution in [1.29, 1.82) is 0 Å². The summed E-state index contributed by atoms with van der Waals surface area (Å²) in [6, 6.07) is 3.05. The number of hydrogen-bond acceptors (Lipinski definition) is 6. The van der Waals surface area contributed by atoms with Crippen molar-refractivity contribution < 1.29 is 14.8 Å². The lowest BCUT2D eigenvalue weighted by molar-refractivity contribution is -0.388. The predicted octanol–water partition coefficient (Wildman–Crippen LogP) is 3.21. The van der Waals surface area contributed by atoms with E-state index in [0.717, 1.165) is 23.1 Å². The van der Waals surface area contributed by atoms with Crippen LogP contribution in [0, 0.1) is 17.0 Å². The lowest BCUT2D eigenvalue weighted by Crippen LogP contribution is -1.96. The van der Waals surface area contributed by atoms with Crippen LogP contribution in [0.3, 0.4) is 0 Å². The Balaban J connectivity index is 2.35. The summed E-state index contributed by atoms with van der Waals surface area (Å²) in [6.45, 7) is 1.64. The number of nitrogens with zero attached hydrogens (tertiary/aromatic N) is 2. The molecule has 0 fully saturated rings. The predicted molar refractivity (Wildman–Crippen MR) is 71.0 cm³/mol. The van der Waals surface area contributed by atoms with Gasteiger partial charge in [0.1, 0.15) is 4.88 Å². The molecule has 2 aromatic heterocycles. The number of hydrogen-bond donors (Lipinski definition) is 1. The summed E-state index contributed by atoms with van der Waals surface area (Å²) >= 11 is 2.17. The molecule has 6 nitrogen and oxygen atoms in total. The molecule has 2 aromatic rings. The van der Waals surface area contributed by atoms with Gasteiger partial charge in [0.05, 0.1) is 4.92 Å². The quantitative estimate of drug-likeness (QED) is 0.687. The van der Waals surface area contributed by atoms with Gasteiger partial charge in [-0.1, -0.05) is 11.8 Å². The van der Waals surface area contributed by atoms with Crippen LogP contribution < -0.4 is 0 Å². The second-order valence-corrected chi connectivity index (χ2v) is 5.57. The Morgan fingerprint density at radius 1 is 1.58 bits per heavy atom. The van der Waals surface area contributed by atoms with E-state index in [1.165, 1.54) is 12.3 Å². The fourth-order valence-electron chi connectivity index (χ4n) is 1.42. The van der Waals surface area contributed by atoms with Crippen LogP contribution in [0.1, 0.15) is 15.2 Å². The molecular formula is C11H8N2O4S2. The molecule has 0 unspecified atom stereocenters. The van der Waals surface area contributed by atoms with Gasteiger partial charge in [-0.05, 0) is 19.1 Å². The van der Waals surface area contributed by atoms with Gasteiger partial charge in [-0.2, -0.15) is 0 Å². The minimum atomic E-state index is -1.01. The van der Waals surface area contributed by atoms with Gasteiger partial charge in [-0.3, -0.25) is 10.1 Å². The van der Waals surface area contributed by atoms with E-state index in [9.17, 15) is 14.9 Å². The number of nitro groups is 1. The van der Waals surface area contributed by atoms with E-state index in [-0.39, 0.29) is 15.6 Å². The van der Waals surface area contributed by atoms with Crippen molar-refractivity contribution in [3.63, 3.8) is 0 Å². The molecule has 0 saturated carbocycles. The van der Waals surface area contributed by atoms with E-state index < -0.39 is 10.9 Å². The summed E-state index contributed by atoms with van der Waals surface area (Å²) < 4.78 is 0. The molecule has 2 rings (SSSR count). The van der Waals surface area contributed by atoms with Crippen LogP contribution in [-0.4, -0.2) is 21.0 Å². The maximum atomic E-state index is 11.0. The van der Waals surface area contributed by atoms with Gasteiger partial charge in [-0.15, -0.1) is 11.3 Å². The number of aromatic carboxylic acids is 1. The Bertz CT molecular complexity index is 654. The normalized spacial score (nSPS) is 10.4. The van der Waals surface area contributed by atoms with Crippen molar-refractivity contribution in [2.75, 3.05) is 0 Å². The Kier molecular flexibility index (Phi) is 3.82. The number of carboxylic acid groups (broad SMARTS) is 1. The van der Waals surface area contributed by atoms with Crippen molar-refractivity contribution in [2.24, 2.45) is 0 Å². The largest absolute Gasteiger partial charge is 0.477 e. The summed E-state index contributed by atoms with van der Waals surface area (Å²) in [5.41, 5.74) is 0.478. The third-order valence-corrected chi connectivity index (χ3v) is 4.31. The molecule has 0 atom stereocenters. The average Bonchev–Trinajstić information content (AvgIpc) is 2.77. The van der Waals surface area contributed by atoms with Crippen LogP contribution in [0.15, 0.2) is 33.6 Å². The highest BCUT2D eigenvalue weighted by atomic mass is 32.2. The Morgan fingerprint density at radius 2 is 2.32 bits per heavy atom. The zero-order valence-electron chi connectivity index (χ0n) is 9.69. The zero-order valence-corrected chi connectivity index (χ0v) is 11.3. The van der Waals surface area contributed by atoms with Crippen LogP contribution in [0.25, 0.3) is 0 Å². The van der Waals surface area contributed by atoms with E-state index >= 15 is 0 Å². The summed E-state index contributed by atoms with van der Waals surface area (Å²) in [5, 5.41) is 21.7. The van der Waals surface area contributed by atoms with E-state index in [1.807, 2.05) is 0 Å². The molecule has 0 aliphatic rings. The standard InChI is InChI=1S/C11H8N2O4S2/c1-6-2-3-12-10(9(6)13(16)17)19-7-4-8(11(14)15)18-5-7/h2-5H,1H3,(H,14,15). The van der Waals surface area contributed by atoms with Gasteiger partial charge >= 0.3 is 11.7 Å². The maximum absolute atomic E-state index is 11.0. The highest BCUT2D eigenvalue weighted by Crippen LogP contribution is 2.36. The number of pyridine rings is 1. The van der Waals surface area contributed by atoms with Crippen LogP contribution in [0.4, 0.5) is 5.69 Å². The summed E-state index contributed by atoms with van der Waals surface area (Å²) in [5.74, 6) is -1.01. The third-order valence-electron chi connectivity index (χ3n) is 2.28. The molecular weight excluding hydrogens is 288 g/mol. The molecule has 8 heteroatoms. The summed E-state index contributed by atoms with van der Waals surface area (Å²) in [7, 11) is 0. The molecule has 0 aromatic carbocycles. The Labute approximate surface area is 116 Å². The molecule has 0 spiro atoms. The zero-order chi connectivity index (χ0) is 14.0. The molecule has 98 valence electrons. The smallest absolute Gasteiger partial charge is 0.345 e. The third kappa shape index (κ3) is 2.91. The highest BCUT2D eigenvalue weighted by Gasteiger charge is 2.20. The number of rotatable bonds is 4. The van der Waals surface area contributed by atoms with E-state index in [0.29, 0.717) is 10.5 Å². The summed E-state index contributed by atoms with van der Waals surface area (Å²) in [6.07, 6.45) is 1.50. The monoisotopic (exact) mass is 296 g/mol. The first-order chi connectivity index (χ1) is 8.99. The second-order valence-electron chi connectivity index (χ2n) is 3.59. The average molecular weight is 296 g/mol. The van der Waals surface area contributed by atoms with E-state index in [1.54, 1.807) is 18.4 Å². The first kappa shape index (κ1) is 13.5. The molecule has 2 heterocycles. The van der Waals surface area contributed by atoms with Gasteiger partial charge in [0.15, 0.2) is 5.03 Å². The van der Waals surface area contributed by atoms with E-state index in [2.05, 4.69) is 4.98 Å². The van der Waals surface area contributed by atoms with Gasteiger partial charge in [0.2, 0.25) is 0 Å². The molecule has 0 aliphatic heterocycles. The Morgan fingerprint density at radius 3 is 2.89 bits per heavy atom. The highest BCUT2D eigenvalue weighted by molar-refractivity contribution is 7.99. The maximum Gasteiger partial charge on any atom is 0.345 e. The van der Waals surface area contributed by atoms with Gasteiger partial charge < -0.3 is 5.11 Å². The number of carbonyl (C=O) groups is 1. The van der Waals surface area contributed by atoms with Crippen LogP contribution >= 0.6 is 23.1 Å². The number of carboxylic acids is 1. The molecule has 0 radical (unpaired) electrons. The fourth-order valence-corrected chi connectivity index (χ4v) is 3.28. The molecule has 1 N–H and O–H groups in total. The van der Waals surface area contributed by atoms with Crippen LogP contribution in [-0.2, 0) is 0 Å². The minimum Gasteiger partial charge on any atom is -0.477 e. The SMILES string of the molecule is Cc1ccnc(Sc2csc(C(=O)O)c2)c1[N+](=O)[O-]. The fraction of sp³-hybridized carbons (Fsp3) is 0.0909. The van der Waals surface area contributed by atoms with Crippen LogP contribution in [0.2, 0.25) is 0 Å². The molecule has 0 amide bonds. The second kappa shape index (κ2) is 5.37. The lowest BCUT2D eigenvalue weighted by Gasteiger charge is -2.02. The van der Waals surface area contributed by atoms with Gasteiger partial charge in [0, 0.05) is 22.0 Å². The first-order valence-corrected chi connectivity index (χ1v) is 6.78. The van der Waals surface area contributed by atoms with Crippen molar-refractivity contribution in [3.05, 3.63) is 44.3 Å². The molecule has 0 bridgehead atoms. The molecule has 19 heavy (non-hydrogen) atoms. The Hall–Kier alpha value is -1.93. The van der Waals surface area contributed by atoms with Crippen LogP contribution in [0.5, 0.6) is 0 Å². The minimum absolute atomic E-state index is 0.0458. The number of aryl methyl sites for hydroxylation is 1. The number of aromatic nitrogens is 1. The number of thiophene rings is 1. The van der Waals surface area contributed by atoms with Gasteiger partial charge in [0.25, 0.3) is 0 Å². The van der Waals surface area contributed by atoms with Crippen molar-refractivity contribution in [1.82, 2.24) is 4.98 Å².